The Morgan fingerprint density at radius 2 is 1.60 bits per heavy atom. The summed E-state index contributed by atoms with van der Waals surface area (Å²) in [5.74, 6) is 0.955. The van der Waals surface area contributed by atoms with Crippen molar-refractivity contribution in [2.24, 2.45) is 11.8 Å². The molecule has 0 radical (unpaired) electrons. The quantitative estimate of drug-likeness (QED) is 0.189. The number of nitrogens with zero attached hydrogens (tertiary/aromatic N) is 6. The maximum Gasteiger partial charge on any atom is 0.416 e. The van der Waals surface area contributed by atoms with Gasteiger partial charge in [0.2, 0.25) is 0 Å². The van der Waals surface area contributed by atoms with Crippen LogP contribution in [-0.2, 0) is 16.3 Å². The smallest absolute Gasteiger partial charge is 0.416 e. The second kappa shape index (κ2) is 14.1. The normalized spacial score (nSPS) is 19.2. The monoisotopic (exact) mass is 747 g/mol. The Morgan fingerprint density at radius 3 is 2.17 bits per heavy atom. The number of hydrogen-bond donors (Lipinski definition) is 1. The predicted octanol–water partition coefficient (Wildman–Crippen LogP) is 5.32. The van der Waals surface area contributed by atoms with Gasteiger partial charge >= 0.3 is 17.9 Å². The maximum atomic E-state index is 14.0. The lowest BCUT2D eigenvalue weighted by Gasteiger charge is -2.25. The number of halogens is 3. The van der Waals surface area contributed by atoms with Gasteiger partial charge in [0.05, 0.1) is 78.2 Å². The van der Waals surface area contributed by atoms with Crippen molar-refractivity contribution in [1.82, 2.24) is 24.2 Å². The molecule has 12 nitrogen and oxygen atoms in total. The fourth-order valence-electron chi connectivity index (χ4n) is 7.53. The van der Waals surface area contributed by atoms with Crippen LogP contribution in [0.15, 0.2) is 101 Å². The van der Waals surface area contributed by atoms with Gasteiger partial charge in [-0.05, 0) is 80.4 Å². The first-order valence-corrected chi connectivity index (χ1v) is 18.1. The van der Waals surface area contributed by atoms with Crippen LogP contribution in [0.1, 0.15) is 29.7 Å². The summed E-state index contributed by atoms with van der Waals surface area (Å²) in [5, 5.41) is 16.7. The number of likely N-dealkylation sites (tertiary alicyclic amines) is 1. The zero-order chi connectivity index (χ0) is 38.3. The molecule has 1 saturated carbocycles. The largest absolute Gasteiger partial charge is 0.744 e. The fourth-order valence-corrected chi connectivity index (χ4v) is 8.02. The maximum absolute atomic E-state index is 14.0. The molecule has 2 aromatic heterocycles. The second-order valence-electron chi connectivity index (χ2n) is 13.9. The number of carbonyl (C=O) groups excluding carboxylic acids is 1. The number of aromatic nitrogens is 4. The van der Waals surface area contributed by atoms with Crippen LogP contribution in [-0.4, -0.2) is 75.6 Å². The van der Waals surface area contributed by atoms with Gasteiger partial charge in [-0.2, -0.15) is 23.5 Å². The number of carbonyl (C=O) groups is 1. The fraction of sp³-hybridized carbons (Fsp3) is 0.297. The van der Waals surface area contributed by atoms with Gasteiger partial charge in [-0.25, -0.2) is 27.3 Å². The molecule has 276 valence electrons. The molecule has 7 rings (SSSR count). The number of nitriles is 1. The molecule has 3 atom stereocenters. The van der Waals surface area contributed by atoms with Crippen LogP contribution in [0.5, 0.6) is 0 Å². The van der Waals surface area contributed by atoms with Gasteiger partial charge in [0.25, 0.3) is 0 Å². The average Bonchev–Trinajstić information content (AvgIpc) is 3.85. The van der Waals surface area contributed by atoms with Crippen LogP contribution in [0.3, 0.4) is 0 Å². The van der Waals surface area contributed by atoms with Gasteiger partial charge in [-0.3, -0.25) is 4.57 Å². The van der Waals surface area contributed by atoms with Crippen LogP contribution >= 0.6 is 0 Å². The summed E-state index contributed by atoms with van der Waals surface area (Å²) in [5.41, 5.74) is 0.199. The van der Waals surface area contributed by atoms with E-state index in [1.807, 2.05) is 0 Å². The SMILES string of the molecule is Cc1c(-c2ccnn2-c2ccc(C#N)cc2)n(C(=O)NC2C[C@@H]3C[N+](C)(C)C[C@@H]3C2)c(=O)n1-c1cccc(C(F)(F)F)c1.O=S(=O)([O-])c1ccccc1. The van der Waals surface area contributed by atoms with E-state index in [0.717, 1.165) is 51.7 Å². The van der Waals surface area contributed by atoms with E-state index >= 15 is 0 Å². The van der Waals surface area contributed by atoms with Crippen LogP contribution < -0.4 is 11.0 Å². The molecule has 0 spiro atoms. The molecule has 3 heterocycles. The molecule has 53 heavy (non-hydrogen) atoms. The second-order valence-corrected chi connectivity index (χ2v) is 15.3. The Morgan fingerprint density at radius 1 is 0.962 bits per heavy atom. The predicted molar refractivity (Wildman–Crippen MR) is 187 cm³/mol. The molecule has 1 aliphatic heterocycles. The third-order valence-corrected chi connectivity index (χ3v) is 10.6. The van der Waals surface area contributed by atoms with E-state index in [1.165, 1.54) is 47.3 Å². The van der Waals surface area contributed by atoms with Gasteiger partial charge in [0.15, 0.2) is 0 Å². The number of benzene rings is 3. The summed E-state index contributed by atoms with van der Waals surface area (Å²) in [4.78, 5) is 27.8. The Hall–Kier alpha value is -5.50. The molecule has 1 N–H and O–H groups in total. The van der Waals surface area contributed by atoms with Crippen LogP contribution in [0.2, 0.25) is 0 Å². The highest BCUT2D eigenvalue weighted by Gasteiger charge is 2.47. The molecule has 0 bridgehead atoms. The van der Waals surface area contributed by atoms with Gasteiger partial charge in [0, 0.05) is 17.9 Å². The number of amides is 1. The molecule has 2 aliphatic rings. The lowest BCUT2D eigenvalue weighted by molar-refractivity contribution is -0.881. The Labute approximate surface area is 303 Å². The van der Waals surface area contributed by atoms with Gasteiger partial charge in [0.1, 0.15) is 15.8 Å². The molecule has 3 aromatic carbocycles. The van der Waals surface area contributed by atoms with Crippen molar-refractivity contribution in [3.63, 3.8) is 0 Å². The molecular formula is C37H36F3N7O5S. The summed E-state index contributed by atoms with van der Waals surface area (Å²) in [6.45, 7) is 3.64. The average molecular weight is 748 g/mol. The first-order valence-electron chi connectivity index (χ1n) is 16.7. The van der Waals surface area contributed by atoms with Gasteiger partial charge in [-0.15, -0.1) is 0 Å². The minimum Gasteiger partial charge on any atom is -0.744 e. The first-order chi connectivity index (χ1) is 25.0. The van der Waals surface area contributed by atoms with E-state index in [2.05, 4.69) is 30.6 Å². The number of nitrogens with one attached hydrogen (secondary N) is 1. The molecule has 2 fully saturated rings. The number of imidazole rings is 1. The van der Waals surface area contributed by atoms with Crippen molar-refractivity contribution < 1.29 is 35.4 Å². The van der Waals surface area contributed by atoms with E-state index in [0.29, 0.717) is 28.8 Å². The molecular weight excluding hydrogens is 712 g/mol. The van der Waals surface area contributed by atoms with E-state index in [9.17, 15) is 41.0 Å². The molecule has 1 aliphatic carbocycles. The van der Waals surface area contributed by atoms with E-state index in [1.54, 1.807) is 43.3 Å². The third-order valence-electron chi connectivity index (χ3n) is 9.70. The summed E-state index contributed by atoms with van der Waals surface area (Å²) < 4.78 is 76.2. The summed E-state index contributed by atoms with van der Waals surface area (Å²) in [6.07, 6.45) is -1.49. The number of alkyl halides is 3. The van der Waals surface area contributed by atoms with Crippen molar-refractivity contribution in [3.05, 3.63) is 118 Å². The summed E-state index contributed by atoms with van der Waals surface area (Å²) in [6, 6.07) is 21.2. The summed E-state index contributed by atoms with van der Waals surface area (Å²) in [7, 11) is 0.152. The molecule has 1 saturated heterocycles. The van der Waals surface area contributed by atoms with Crippen LogP contribution in [0.25, 0.3) is 22.8 Å². The Balaban J connectivity index is 0.000000417. The van der Waals surface area contributed by atoms with Crippen molar-refractivity contribution >= 4 is 16.1 Å². The molecule has 5 aromatic rings. The topological polar surface area (TPSA) is 155 Å². The van der Waals surface area contributed by atoms with Crippen LogP contribution in [0, 0.1) is 30.1 Å². The summed E-state index contributed by atoms with van der Waals surface area (Å²) >= 11 is 0. The highest BCUT2D eigenvalue weighted by Crippen LogP contribution is 2.40. The van der Waals surface area contributed by atoms with Crippen molar-refractivity contribution in [2.45, 2.75) is 36.9 Å². The van der Waals surface area contributed by atoms with E-state index in [-0.39, 0.29) is 28.0 Å². The van der Waals surface area contributed by atoms with Gasteiger partial charge in [-0.1, -0.05) is 24.3 Å². The zero-order valence-corrected chi connectivity index (χ0v) is 29.8. The van der Waals surface area contributed by atoms with Crippen molar-refractivity contribution in [2.75, 3.05) is 27.2 Å². The number of quaternary nitrogens is 1. The minimum absolute atomic E-state index is 0.00929. The lowest BCUT2D eigenvalue weighted by atomic mass is 10.0. The Bertz CT molecular complexity index is 2340. The third kappa shape index (κ3) is 7.82. The molecule has 16 heteroatoms. The zero-order valence-electron chi connectivity index (χ0n) is 29.0. The lowest BCUT2D eigenvalue weighted by Crippen LogP contribution is -2.43. The number of fused-ring (bicyclic) bond motifs is 1. The van der Waals surface area contributed by atoms with E-state index in [4.69, 9.17) is 0 Å². The van der Waals surface area contributed by atoms with Gasteiger partial charge < -0.3 is 14.4 Å². The molecule has 1 amide bonds. The Kier molecular flexibility index (Phi) is 9.94. The highest BCUT2D eigenvalue weighted by molar-refractivity contribution is 7.85. The standard InChI is InChI=1S/C31H30F3N7O2.C6H6O3S/c1-19-28(27-11-12-36-40(27)25-9-7-20(16-35)8-10-25)39(29(42)37-24-13-21-17-41(2,3)18-22(21)14-24)30(43)38(19)26-6-4-5-23(15-26)31(32,33)34;7-10(8,9)6-4-2-1-3-5-6/h4-12,15,21-22,24H,13-14,17-18H2,1-3H3;1-5H,(H,7,8,9)/t21-,22+,24?;. The minimum atomic E-state index is -4.61. The number of hydrogen-bond acceptors (Lipinski definition) is 7. The van der Waals surface area contributed by atoms with Crippen molar-refractivity contribution in [3.8, 4) is 28.8 Å². The van der Waals surface area contributed by atoms with Crippen LogP contribution in [0.4, 0.5) is 18.0 Å². The van der Waals surface area contributed by atoms with Crippen molar-refractivity contribution in [1.29, 1.82) is 5.26 Å². The first kappa shape index (κ1) is 37.3. The van der Waals surface area contributed by atoms with E-state index < -0.39 is 33.6 Å². The molecule has 1 unspecified atom stereocenters. The number of rotatable bonds is 5. The highest BCUT2D eigenvalue weighted by atomic mass is 32.2.